The standard InChI is InChI=1S/C11H17NO2.ClH/c1-9-4-5-11(14-9)8-12-6-2-3-10(13)7-12;/h4-5,10,13H,2-3,6-8H2,1H3;1H. The molecule has 0 saturated carbocycles. The van der Waals surface area contributed by atoms with Gasteiger partial charge in [-0.05, 0) is 38.4 Å². The molecular formula is C11H18ClNO2. The lowest BCUT2D eigenvalue weighted by Crippen LogP contribution is -2.37. The molecule has 1 saturated heterocycles. The lowest BCUT2D eigenvalue weighted by Gasteiger charge is -2.29. The van der Waals surface area contributed by atoms with Crippen LogP contribution in [0.3, 0.4) is 0 Å². The molecular weight excluding hydrogens is 214 g/mol. The van der Waals surface area contributed by atoms with Crippen molar-refractivity contribution in [1.82, 2.24) is 4.90 Å². The van der Waals surface area contributed by atoms with Crippen LogP contribution >= 0.6 is 12.4 Å². The Balaban J connectivity index is 0.00000112. The number of aliphatic hydroxyl groups is 1. The first-order valence-electron chi connectivity index (χ1n) is 5.20. The van der Waals surface area contributed by atoms with Gasteiger partial charge in [-0.15, -0.1) is 12.4 Å². The average Bonchev–Trinajstić information content (AvgIpc) is 2.51. The van der Waals surface area contributed by atoms with Crippen LogP contribution in [0.5, 0.6) is 0 Å². The highest BCUT2D eigenvalue weighted by atomic mass is 35.5. The molecule has 0 bridgehead atoms. The van der Waals surface area contributed by atoms with Crippen LogP contribution < -0.4 is 0 Å². The van der Waals surface area contributed by atoms with E-state index in [0.29, 0.717) is 0 Å². The molecule has 0 radical (unpaired) electrons. The van der Waals surface area contributed by atoms with Crippen LogP contribution in [0.15, 0.2) is 16.5 Å². The second kappa shape index (κ2) is 5.54. The minimum atomic E-state index is -0.153. The lowest BCUT2D eigenvalue weighted by molar-refractivity contribution is 0.0632. The van der Waals surface area contributed by atoms with Gasteiger partial charge < -0.3 is 9.52 Å². The predicted molar refractivity (Wildman–Crippen MR) is 61.2 cm³/mol. The number of halogens is 1. The van der Waals surface area contributed by atoms with E-state index in [1.165, 1.54) is 0 Å². The molecule has 1 aliphatic rings. The maximum absolute atomic E-state index is 9.49. The van der Waals surface area contributed by atoms with Gasteiger partial charge in [0.05, 0.1) is 12.6 Å². The Morgan fingerprint density at radius 1 is 1.53 bits per heavy atom. The Bertz CT molecular complexity index is 301. The van der Waals surface area contributed by atoms with Crippen molar-refractivity contribution in [3.63, 3.8) is 0 Å². The highest BCUT2D eigenvalue weighted by Gasteiger charge is 2.18. The van der Waals surface area contributed by atoms with Gasteiger partial charge >= 0.3 is 0 Å². The summed E-state index contributed by atoms with van der Waals surface area (Å²) in [5.41, 5.74) is 0. The summed E-state index contributed by atoms with van der Waals surface area (Å²) < 4.78 is 5.50. The number of aliphatic hydroxyl groups excluding tert-OH is 1. The number of hydrogen-bond acceptors (Lipinski definition) is 3. The first kappa shape index (κ1) is 12.6. The number of furan rings is 1. The Morgan fingerprint density at radius 3 is 2.93 bits per heavy atom. The van der Waals surface area contributed by atoms with Crippen molar-refractivity contribution in [3.8, 4) is 0 Å². The van der Waals surface area contributed by atoms with Crippen LogP contribution in [0.25, 0.3) is 0 Å². The van der Waals surface area contributed by atoms with Gasteiger partial charge in [0.1, 0.15) is 11.5 Å². The van der Waals surface area contributed by atoms with Crippen LogP contribution in [-0.4, -0.2) is 29.2 Å². The molecule has 1 unspecified atom stereocenters. The SMILES string of the molecule is Cc1ccc(CN2CCCC(O)C2)o1.Cl. The second-order valence-corrected chi connectivity index (χ2v) is 4.04. The van der Waals surface area contributed by atoms with Crippen LogP contribution in [0.2, 0.25) is 0 Å². The van der Waals surface area contributed by atoms with Crippen molar-refractivity contribution in [2.75, 3.05) is 13.1 Å². The van der Waals surface area contributed by atoms with Crippen molar-refractivity contribution in [2.24, 2.45) is 0 Å². The molecule has 86 valence electrons. The van der Waals surface area contributed by atoms with E-state index >= 15 is 0 Å². The largest absolute Gasteiger partial charge is 0.465 e. The molecule has 1 fully saturated rings. The molecule has 1 atom stereocenters. The minimum absolute atomic E-state index is 0. The molecule has 1 aromatic heterocycles. The maximum Gasteiger partial charge on any atom is 0.118 e. The zero-order valence-electron chi connectivity index (χ0n) is 8.98. The Kier molecular flexibility index (Phi) is 4.64. The maximum atomic E-state index is 9.49. The third kappa shape index (κ3) is 3.52. The topological polar surface area (TPSA) is 36.6 Å². The van der Waals surface area contributed by atoms with E-state index < -0.39 is 0 Å². The van der Waals surface area contributed by atoms with Gasteiger partial charge in [-0.1, -0.05) is 0 Å². The molecule has 2 heterocycles. The molecule has 0 amide bonds. The predicted octanol–water partition coefficient (Wildman–Crippen LogP) is 1.97. The van der Waals surface area contributed by atoms with E-state index in [1.807, 2.05) is 19.1 Å². The lowest BCUT2D eigenvalue weighted by atomic mass is 10.1. The van der Waals surface area contributed by atoms with Crippen LogP contribution in [-0.2, 0) is 6.54 Å². The summed E-state index contributed by atoms with van der Waals surface area (Å²) in [7, 11) is 0. The highest BCUT2D eigenvalue weighted by Crippen LogP contribution is 2.14. The van der Waals surface area contributed by atoms with E-state index in [4.69, 9.17) is 4.42 Å². The fourth-order valence-electron chi connectivity index (χ4n) is 1.97. The Hall–Kier alpha value is -0.510. The number of rotatable bonds is 2. The van der Waals surface area contributed by atoms with E-state index in [1.54, 1.807) is 0 Å². The summed E-state index contributed by atoms with van der Waals surface area (Å²) in [4.78, 5) is 2.24. The number of β-amino-alcohol motifs (C(OH)–C–C–N with tert-alkyl or cyclic N) is 1. The van der Waals surface area contributed by atoms with Crippen molar-refractivity contribution in [1.29, 1.82) is 0 Å². The van der Waals surface area contributed by atoms with E-state index in [-0.39, 0.29) is 18.5 Å². The summed E-state index contributed by atoms with van der Waals surface area (Å²) in [5.74, 6) is 1.95. The minimum Gasteiger partial charge on any atom is -0.465 e. The molecule has 3 nitrogen and oxygen atoms in total. The molecule has 2 rings (SSSR count). The Labute approximate surface area is 96.5 Å². The smallest absolute Gasteiger partial charge is 0.118 e. The summed E-state index contributed by atoms with van der Waals surface area (Å²) in [6.07, 6.45) is 1.87. The van der Waals surface area contributed by atoms with Crippen molar-refractivity contribution >= 4 is 12.4 Å². The fraction of sp³-hybridized carbons (Fsp3) is 0.636. The quantitative estimate of drug-likeness (QED) is 0.846. The van der Waals surface area contributed by atoms with Gasteiger partial charge in [0, 0.05) is 6.54 Å². The number of nitrogens with zero attached hydrogens (tertiary/aromatic N) is 1. The third-order valence-electron chi connectivity index (χ3n) is 2.66. The summed E-state index contributed by atoms with van der Waals surface area (Å²) in [6.45, 7) is 4.62. The van der Waals surface area contributed by atoms with Crippen molar-refractivity contribution in [2.45, 2.75) is 32.4 Å². The van der Waals surface area contributed by atoms with Crippen molar-refractivity contribution < 1.29 is 9.52 Å². The molecule has 0 spiro atoms. The molecule has 1 aliphatic heterocycles. The van der Waals surface area contributed by atoms with Crippen LogP contribution in [0.1, 0.15) is 24.4 Å². The van der Waals surface area contributed by atoms with Gasteiger partial charge in [0.2, 0.25) is 0 Å². The number of likely N-dealkylation sites (tertiary alicyclic amines) is 1. The van der Waals surface area contributed by atoms with Gasteiger partial charge in [0.15, 0.2) is 0 Å². The third-order valence-corrected chi connectivity index (χ3v) is 2.66. The number of hydrogen-bond donors (Lipinski definition) is 1. The van der Waals surface area contributed by atoms with E-state index in [2.05, 4.69) is 4.90 Å². The van der Waals surface area contributed by atoms with Gasteiger partial charge in [-0.25, -0.2) is 0 Å². The second-order valence-electron chi connectivity index (χ2n) is 4.04. The van der Waals surface area contributed by atoms with Crippen LogP contribution in [0, 0.1) is 6.92 Å². The average molecular weight is 232 g/mol. The van der Waals surface area contributed by atoms with Crippen molar-refractivity contribution in [3.05, 3.63) is 23.7 Å². The molecule has 15 heavy (non-hydrogen) atoms. The van der Waals surface area contributed by atoms with Crippen LogP contribution in [0.4, 0.5) is 0 Å². The normalized spacial score (nSPS) is 22.4. The van der Waals surface area contributed by atoms with Gasteiger partial charge in [-0.3, -0.25) is 4.90 Å². The van der Waals surface area contributed by atoms with Gasteiger partial charge in [-0.2, -0.15) is 0 Å². The number of aryl methyl sites for hydroxylation is 1. The van der Waals surface area contributed by atoms with E-state index in [0.717, 1.165) is 44.0 Å². The monoisotopic (exact) mass is 231 g/mol. The molecule has 0 aromatic carbocycles. The summed E-state index contributed by atoms with van der Waals surface area (Å²) in [5, 5.41) is 9.49. The molecule has 1 N–H and O–H groups in total. The summed E-state index contributed by atoms with van der Waals surface area (Å²) >= 11 is 0. The Morgan fingerprint density at radius 2 is 2.33 bits per heavy atom. The van der Waals surface area contributed by atoms with E-state index in [9.17, 15) is 5.11 Å². The molecule has 4 heteroatoms. The number of piperidine rings is 1. The van der Waals surface area contributed by atoms with Gasteiger partial charge in [0.25, 0.3) is 0 Å². The zero-order valence-corrected chi connectivity index (χ0v) is 9.80. The first-order valence-corrected chi connectivity index (χ1v) is 5.20. The zero-order chi connectivity index (χ0) is 9.97. The fourth-order valence-corrected chi connectivity index (χ4v) is 1.97. The highest BCUT2D eigenvalue weighted by molar-refractivity contribution is 5.85. The molecule has 0 aliphatic carbocycles. The first-order chi connectivity index (χ1) is 6.74. The summed E-state index contributed by atoms with van der Waals surface area (Å²) in [6, 6.07) is 3.99. The molecule has 1 aromatic rings.